The number of H-pyrrole nitrogens is 2. The second-order valence-electron chi connectivity index (χ2n) is 6.86. The normalized spacial score (nSPS) is 12.2. The van der Waals surface area contributed by atoms with E-state index >= 15 is 0 Å². The molecule has 0 amide bonds. The number of aromatic nitrogens is 2. The summed E-state index contributed by atoms with van der Waals surface area (Å²) in [7, 11) is 0. The van der Waals surface area contributed by atoms with Gasteiger partial charge in [-0.25, -0.2) is 0 Å². The van der Waals surface area contributed by atoms with Crippen molar-refractivity contribution in [1.82, 2.24) is 9.97 Å². The first-order valence-electron chi connectivity index (χ1n) is 9.26. The first-order valence-corrected chi connectivity index (χ1v) is 9.26. The van der Waals surface area contributed by atoms with Crippen LogP contribution in [0.4, 0.5) is 0 Å². The van der Waals surface area contributed by atoms with Crippen LogP contribution in [0.15, 0.2) is 96.4 Å². The van der Waals surface area contributed by atoms with E-state index in [1.165, 1.54) is 0 Å². The Kier molecular flexibility index (Phi) is 3.95. The van der Waals surface area contributed by atoms with E-state index in [0.29, 0.717) is 5.71 Å². The molecule has 28 heavy (non-hydrogen) atoms. The monoisotopic (exact) mass is 365 g/mol. The summed E-state index contributed by atoms with van der Waals surface area (Å²) in [6, 6.07) is 26.3. The summed E-state index contributed by atoms with van der Waals surface area (Å²) in [6.07, 6.45) is 4.04. The molecule has 0 saturated carbocycles. The maximum absolute atomic E-state index is 10.1. The van der Waals surface area contributed by atoms with Gasteiger partial charge in [-0.3, -0.25) is 0 Å². The minimum atomic E-state index is -0.223. The van der Waals surface area contributed by atoms with Crippen LogP contribution in [0, 0.1) is 0 Å². The molecule has 2 heterocycles. The van der Waals surface area contributed by atoms with Gasteiger partial charge in [0, 0.05) is 39.8 Å². The number of aromatic amines is 2. The molecule has 0 spiro atoms. The van der Waals surface area contributed by atoms with Crippen LogP contribution in [0.2, 0.25) is 0 Å². The van der Waals surface area contributed by atoms with Gasteiger partial charge in [-0.2, -0.15) is 0 Å². The zero-order valence-electron chi connectivity index (χ0n) is 15.1. The summed E-state index contributed by atoms with van der Waals surface area (Å²) in [5.41, 5.74) is 5.80. The first-order chi connectivity index (χ1) is 13.9. The minimum absolute atomic E-state index is 0.223. The van der Waals surface area contributed by atoms with Crippen LogP contribution in [0.1, 0.15) is 22.6 Å². The van der Waals surface area contributed by atoms with Crippen molar-refractivity contribution in [1.29, 1.82) is 0 Å². The highest BCUT2D eigenvalue weighted by molar-refractivity contribution is 6.10. The van der Waals surface area contributed by atoms with Crippen molar-refractivity contribution in [3.05, 3.63) is 108 Å². The van der Waals surface area contributed by atoms with E-state index < -0.39 is 0 Å². The van der Waals surface area contributed by atoms with Crippen LogP contribution in [0.3, 0.4) is 0 Å². The zero-order chi connectivity index (χ0) is 18.9. The number of oxime groups is 1. The lowest BCUT2D eigenvalue weighted by atomic mass is 9.84. The molecule has 0 aliphatic carbocycles. The zero-order valence-corrected chi connectivity index (χ0v) is 15.1. The van der Waals surface area contributed by atoms with E-state index in [2.05, 4.69) is 39.4 Å². The molecular weight excluding hydrogens is 346 g/mol. The van der Waals surface area contributed by atoms with Crippen LogP contribution in [0.25, 0.3) is 21.8 Å². The molecule has 0 aliphatic rings. The Hall–Kier alpha value is -3.79. The van der Waals surface area contributed by atoms with E-state index in [9.17, 15) is 5.21 Å². The number of nitrogens with zero attached hydrogens (tertiary/aromatic N) is 1. The number of hydrogen-bond donors (Lipinski definition) is 3. The van der Waals surface area contributed by atoms with Gasteiger partial charge in [-0.15, -0.1) is 0 Å². The van der Waals surface area contributed by atoms with Gasteiger partial charge in [0.25, 0.3) is 0 Å². The Bertz CT molecular complexity index is 1210. The van der Waals surface area contributed by atoms with Gasteiger partial charge in [0.1, 0.15) is 0 Å². The fraction of sp³-hybridized carbons (Fsp3) is 0.0417. The molecule has 3 aromatic carbocycles. The molecule has 4 nitrogen and oxygen atoms in total. The number of benzene rings is 3. The topological polar surface area (TPSA) is 64.2 Å². The molecule has 5 rings (SSSR count). The van der Waals surface area contributed by atoms with Crippen LogP contribution in [-0.4, -0.2) is 20.9 Å². The Morgan fingerprint density at radius 2 is 1.18 bits per heavy atom. The van der Waals surface area contributed by atoms with Gasteiger partial charge < -0.3 is 15.2 Å². The average Bonchev–Trinajstić information content (AvgIpc) is 3.37. The standard InChI is InChI=1S/C24H19N3O/c28-27-24(16-8-2-1-3-9-16)23(19-14-25-21-12-6-4-10-17(19)21)20-15-26-22-13-7-5-11-18(20)22/h1-15,23,25-26,28H/b27-24-. The van der Waals surface area contributed by atoms with Crippen molar-refractivity contribution < 1.29 is 5.21 Å². The third-order valence-corrected chi connectivity index (χ3v) is 5.32. The largest absolute Gasteiger partial charge is 0.411 e. The van der Waals surface area contributed by atoms with E-state index in [1.807, 2.05) is 67.0 Å². The van der Waals surface area contributed by atoms with Crippen LogP contribution >= 0.6 is 0 Å². The number of fused-ring (bicyclic) bond motifs is 2. The third kappa shape index (κ3) is 2.58. The fourth-order valence-corrected chi connectivity index (χ4v) is 4.02. The second kappa shape index (κ2) is 6.74. The van der Waals surface area contributed by atoms with Gasteiger partial charge in [-0.1, -0.05) is 71.9 Å². The molecule has 4 heteroatoms. The van der Waals surface area contributed by atoms with Gasteiger partial charge in [0.05, 0.1) is 11.6 Å². The van der Waals surface area contributed by atoms with Crippen molar-refractivity contribution in [2.45, 2.75) is 5.92 Å². The van der Waals surface area contributed by atoms with Crippen LogP contribution in [0.5, 0.6) is 0 Å². The van der Waals surface area contributed by atoms with E-state index in [-0.39, 0.29) is 5.92 Å². The van der Waals surface area contributed by atoms with Gasteiger partial charge in [0.2, 0.25) is 0 Å². The number of hydrogen-bond acceptors (Lipinski definition) is 2. The predicted molar refractivity (Wildman–Crippen MR) is 113 cm³/mol. The maximum atomic E-state index is 10.1. The molecule has 0 aliphatic heterocycles. The molecule has 0 fully saturated rings. The Morgan fingerprint density at radius 1 is 0.679 bits per heavy atom. The van der Waals surface area contributed by atoms with Crippen molar-refractivity contribution >= 4 is 27.5 Å². The van der Waals surface area contributed by atoms with Crippen molar-refractivity contribution in [3.8, 4) is 0 Å². The molecule has 5 aromatic rings. The second-order valence-corrected chi connectivity index (χ2v) is 6.86. The summed E-state index contributed by atoms with van der Waals surface area (Å²) in [5, 5.41) is 16.1. The Labute approximate surface area is 162 Å². The quantitative estimate of drug-likeness (QED) is 0.215. The summed E-state index contributed by atoms with van der Waals surface area (Å²) < 4.78 is 0. The first kappa shape index (κ1) is 16.4. The highest BCUT2D eigenvalue weighted by Gasteiger charge is 2.27. The number of nitrogens with one attached hydrogen (secondary N) is 2. The third-order valence-electron chi connectivity index (χ3n) is 5.32. The number of rotatable bonds is 4. The molecule has 0 radical (unpaired) electrons. The minimum Gasteiger partial charge on any atom is -0.411 e. The van der Waals surface area contributed by atoms with Crippen molar-refractivity contribution in [2.75, 3.05) is 0 Å². The molecule has 0 bridgehead atoms. The molecule has 0 saturated heterocycles. The SMILES string of the molecule is O/N=C(/c1ccccc1)C(c1c[nH]c2ccccc12)c1c[nH]c2ccccc12. The predicted octanol–water partition coefficient (Wildman–Crippen LogP) is 5.66. The Morgan fingerprint density at radius 3 is 1.71 bits per heavy atom. The van der Waals surface area contributed by atoms with Crippen LogP contribution < -0.4 is 0 Å². The molecule has 0 unspecified atom stereocenters. The number of para-hydroxylation sites is 2. The lowest BCUT2D eigenvalue weighted by Gasteiger charge is -2.18. The van der Waals surface area contributed by atoms with E-state index in [1.54, 1.807) is 0 Å². The Balaban J connectivity index is 1.80. The summed E-state index contributed by atoms with van der Waals surface area (Å²) in [6.45, 7) is 0. The smallest absolute Gasteiger partial charge is 0.0988 e. The highest BCUT2D eigenvalue weighted by atomic mass is 16.4. The summed E-state index contributed by atoms with van der Waals surface area (Å²) >= 11 is 0. The molecule has 2 aromatic heterocycles. The van der Waals surface area contributed by atoms with E-state index in [4.69, 9.17) is 0 Å². The molecular formula is C24H19N3O. The average molecular weight is 365 g/mol. The molecule has 3 N–H and O–H groups in total. The fourth-order valence-electron chi connectivity index (χ4n) is 4.02. The lowest BCUT2D eigenvalue weighted by molar-refractivity contribution is 0.317. The lowest BCUT2D eigenvalue weighted by Crippen LogP contribution is -2.15. The van der Waals surface area contributed by atoms with Crippen molar-refractivity contribution in [2.24, 2.45) is 5.16 Å². The van der Waals surface area contributed by atoms with Crippen molar-refractivity contribution in [3.63, 3.8) is 0 Å². The van der Waals surface area contributed by atoms with Gasteiger partial charge >= 0.3 is 0 Å². The molecule has 136 valence electrons. The van der Waals surface area contributed by atoms with E-state index in [0.717, 1.165) is 38.5 Å². The summed E-state index contributed by atoms with van der Waals surface area (Å²) in [4.78, 5) is 6.72. The molecule has 0 atom stereocenters. The van der Waals surface area contributed by atoms with Gasteiger partial charge in [-0.05, 0) is 23.3 Å². The highest BCUT2D eigenvalue weighted by Crippen LogP contribution is 2.37. The van der Waals surface area contributed by atoms with Crippen LogP contribution in [-0.2, 0) is 0 Å². The maximum Gasteiger partial charge on any atom is 0.0988 e. The summed E-state index contributed by atoms with van der Waals surface area (Å²) in [5.74, 6) is -0.223. The van der Waals surface area contributed by atoms with Gasteiger partial charge in [0.15, 0.2) is 0 Å².